The molecule has 11 nitrogen and oxygen atoms in total. The zero-order valence-corrected chi connectivity index (χ0v) is 30.7. The standard InChI is InChI=1S/C38H58O11/c1-11-29-26(7)31(47-33(41)16-15-32(39)40)20-38(45,49-29)28(9)35(43)27(8)36-30(46-10)14-12-13-21(2)17-23(4)34(42)24(5)18-22(3)19-25(6)37(44)48-36/h12-16,18-19,23-24,26-31,34-36,42-43,45H,11,17,20H2,1-10H3,(H,39,40)/b14-12+,16-15+,21-13-,22-18+,25-19+. The number of rotatable bonds is 9. The molecule has 4 N–H and O–H groups in total. The van der Waals surface area contributed by atoms with Gasteiger partial charge in [-0.05, 0) is 45.6 Å². The van der Waals surface area contributed by atoms with E-state index >= 15 is 0 Å². The van der Waals surface area contributed by atoms with Crippen molar-refractivity contribution in [2.45, 2.75) is 124 Å². The summed E-state index contributed by atoms with van der Waals surface area (Å²) in [6, 6.07) is 0. The number of aliphatic hydroxyl groups excluding tert-OH is 2. The molecule has 2 aliphatic rings. The van der Waals surface area contributed by atoms with Crippen molar-refractivity contribution < 1.29 is 53.8 Å². The van der Waals surface area contributed by atoms with Crippen LogP contribution in [-0.4, -0.2) is 87.9 Å². The second-order valence-electron chi connectivity index (χ2n) is 14.0. The summed E-state index contributed by atoms with van der Waals surface area (Å²) in [4.78, 5) is 36.8. The highest BCUT2D eigenvalue weighted by Gasteiger charge is 2.52. The number of hydrogen-bond acceptors (Lipinski definition) is 10. The Morgan fingerprint density at radius 3 is 2.39 bits per heavy atom. The number of carboxylic acids is 1. The van der Waals surface area contributed by atoms with Crippen LogP contribution in [0.25, 0.3) is 0 Å². The van der Waals surface area contributed by atoms with Crippen molar-refractivity contribution in [3.8, 4) is 0 Å². The van der Waals surface area contributed by atoms with Crippen LogP contribution in [0.3, 0.4) is 0 Å². The van der Waals surface area contributed by atoms with Gasteiger partial charge in [0.1, 0.15) is 18.3 Å². The van der Waals surface area contributed by atoms with Gasteiger partial charge in [-0.15, -0.1) is 0 Å². The zero-order valence-electron chi connectivity index (χ0n) is 30.7. The second kappa shape index (κ2) is 18.8. The molecule has 0 aromatic carbocycles. The van der Waals surface area contributed by atoms with Crippen molar-refractivity contribution in [2.75, 3.05) is 7.11 Å². The SMILES string of the molecule is CCC1OC(O)(C(C)C(O)C(C)C2OC(=O)/C(C)=C/C(C)=C/C(C)C(O)C(C)C/C(C)=C\C=C\C2OC)CC(OC(=O)/C=C/C(=O)O)C1C. The van der Waals surface area contributed by atoms with Gasteiger partial charge in [-0.3, -0.25) is 0 Å². The maximum Gasteiger partial charge on any atom is 0.334 e. The number of esters is 2. The van der Waals surface area contributed by atoms with Gasteiger partial charge in [0.2, 0.25) is 0 Å². The Hall–Kier alpha value is -3.09. The first-order valence-corrected chi connectivity index (χ1v) is 17.2. The molecule has 0 aromatic rings. The molecule has 12 atom stereocenters. The number of aliphatic hydroxyl groups is 3. The molecule has 276 valence electrons. The van der Waals surface area contributed by atoms with E-state index in [0.29, 0.717) is 24.5 Å². The molecule has 11 heteroatoms. The average molecular weight is 691 g/mol. The molecule has 49 heavy (non-hydrogen) atoms. The highest BCUT2D eigenvalue weighted by atomic mass is 16.6. The number of carbonyl (C=O) groups excluding carboxylic acids is 2. The third-order valence-electron chi connectivity index (χ3n) is 9.91. The quantitative estimate of drug-likeness (QED) is 0.189. The Bertz CT molecular complexity index is 1300. The Balaban J connectivity index is 2.48. The van der Waals surface area contributed by atoms with Crippen molar-refractivity contribution >= 4 is 17.9 Å². The van der Waals surface area contributed by atoms with E-state index in [9.17, 15) is 29.7 Å². The van der Waals surface area contributed by atoms with Crippen molar-refractivity contribution in [3.63, 3.8) is 0 Å². The van der Waals surface area contributed by atoms with E-state index in [4.69, 9.17) is 24.1 Å². The Kier molecular flexibility index (Phi) is 16.1. The molecule has 1 fully saturated rings. The molecular formula is C38H58O11. The minimum absolute atomic E-state index is 0.0123. The number of carbonyl (C=O) groups is 3. The van der Waals surface area contributed by atoms with Gasteiger partial charge in [-0.1, -0.05) is 77.0 Å². The fourth-order valence-corrected chi connectivity index (χ4v) is 6.79. The van der Waals surface area contributed by atoms with Gasteiger partial charge in [-0.2, -0.15) is 0 Å². The molecule has 0 amide bonds. The number of cyclic esters (lactones) is 1. The smallest absolute Gasteiger partial charge is 0.334 e. The largest absolute Gasteiger partial charge is 0.478 e. The van der Waals surface area contributed by atoms with E-state index in [0.717, 1.165) is 17.2 Å². The third-order valence-corrected chi connectivity index (χ3v) is 9.91. The molecule has 0 aromatic heterocycles. The van der Waals surface area contributed by atoms with E-state index in [1.807, 2.05) is 53.7 Å². The van der Waals surface area contributed by atoms with Crippen LogP contribution in [0, 0.1) is 29.6 Å². The van der Waals surface area contributed by atoms with Gasteiger partial charge >= 0.3 is 17.9 Å². The van der Waals surface area contributed by atoms with E-state index in [-0.39, 0.29) is 24.2 Å². The van der Waals surface area contributed by atoms with Crippen molar-refractivity contribution in [2.24, 2.45) is 29.6 Å². The van der Waals surface area contributed by atoms with Crippen LogP contribution in [0.15, 0.2) is 59.3 Å². The van der Waals surface area contributed by atoms with Crippen LogP contribution < -0.4 is 0 Å². The number of methoxy groups -OCH3 is 1. The fraction of sp³-hybridized carbons (Fsp3) is 0.658. The summed E-state index contributed by atoms with van der Waals surface area (Å²) in [6.07, 6.45) is 6.52. The summed E-state index contributed by atoms with van der Waals surface area (Å²) < 4.78 is 23.6. The Morgan fingerprint density at radius 2 is 1.80 bits per heavy atom. The van der Waals surface area contributed by atoms with Crippen LogP contribution in [0.1, 0.15) is 81.6 Å². The van der Waals surface area contributed by atoms with Crippen molar-refractivity contribution in [1.82, 2.24) is 0 Å². The maximum absolute atomic E-state index is 13.5. The monoisotopic (exact) mass is 690 g/mol. The lowest BCUT2D eigenvalue weighted by Gasteiger charge is -2.49. The minimum atomic E-state index is -1.95. The van der Waals surface area contributed by atoms with E-state index < -0.39 is 72.2 Å². The number of hydrogen-bond donors (Lipinski definition) is 4. The first-order chi connectivity index (χ1) is 22.8. The molecular weight excluding hydrogens is 632 g/mol. The normalized spacial score (nSPS) is 38.1. The van der Waals surface area contributed by atoms with Gasteiger partial charge in [0.05, 0.1) is 18.3 Å². The van der Waals surface area contributed by atoms with E-state index in [1.165, 1.54) is 7.11 Å². The van der Waals surface area contributed by atoms with Crippen LogP contribution in [0.2, 0.25) is 0 Å². The number of carboxylic acid groups (broad SMARTS) is 1. The third kappa shape index (κ3) is 11.7. The fourth-order valence-electron chi connectivity index (χ4n) is 6.79. The summed E-state index contributed by atoms with van der Waals surface area (Å²) in [5, 5.41) is 43.5. The highest BCUT2D eigenvalue weighted by Crippen LogP contribution is 2.41. The van der Waals surface area contributed by atoms with Gasteiger partial charge in [-0.25, -0.2) is 14.4 Å². The molecule has 1 saturated heterocycles. The molecule has 2 aliphatic heterocycles. The van der Waals surface area contributed by atoms with Gasteiger partial charge in [0.25, 0.3) is 0 Å². The number of aliphatic carboxylic acids is 1. The Labute approximate surface area is 291 Å². The Morgan fingerprint density at radius 1 is 1.14 bits per heavy atom. The molecule has 0 spiro atoms. The summed E-state index contributed by atoms with van der Waals surface area (Å²) in [5.41, 5.74) is 2.15. The van der Waals surface area contributed by atoms with E-state index in [1.54, 1.807) is 39.0 Å². The molecule has 0 saturated carbocycles. The van der Waals surface area contributed by atoms with Crippen molar-refractivity contribution in [1.29, 1.82) is 0 Å². The lowest BCUT2D eigenvalue weighted by Crippen LogP contribution is -2.58. The average Bonchev–Trinajstić information content (AvgIpc) is 3.04. The summed E-state index contributed by atoms with van der Waals surface area (Å²) in [7, 11) is 1.48. The molecule has 2 rings (SSSR count). The van der Waals surface area contributed by atoms with Crippen LogP contribution >= 0.6 is 0 Å². The molecule has 0 aliphatic carbocycles. The van der Waals surface area contributed by atoms with Crippen LogP contribution in [0.4, 0.5) is 0 Å². The summed E-state index contributed by atoms with van der Waals surface area (Å²) >= 11 is 0. The van der Waals surface area contributed by atoms with Gasteiger partial charge in [0, 0.05) is 54.9 Å². The number of ether oxygens (including phenoxy) is 4. The van der Waals surface area contributed by atoms with Gasteiger partial charge in [0.15, 0.2) is 5.79 Å². The molecule has 0 bridgehead atoms. The lowest BCUT2D eigenvalue weighted by molar-refractivity contribution is -0.323. The molecule has 0 radical (unpaired) electrons. The van der Waals surface area contributed by atoms with Crippen LogP contribution in [-0.2, 0) is 33.3 Å². The van der Waals surface area contributed by atoms with Crippen LogP contribution in [0.5, 0.6) is 0 Å². The first kappa shape index (κ1) is 42.1. The predicted molar refractivity (Wildman–Crippen MR) is 185 cm³/mol. The number of allylic oxidation sites excluding steroid dienone is 5. The van der Waals surface area contributed by atoms with E-state index in [2.05, 4.69) is 0 Å². The first-order valence-electron chi connectivity index (χ1n) is 17.2. The maximum atomic E-state index is 13.5. The summed E-state index contributed by atoms with van der Waals surface area (Å²) in [6.45, 7) is 16.4. The molecule has 2 heterocycles. The van der Waals surface area contributed by atoms with Gasteiger partial charge < -0.3 is 39.4 Å². The predicted octanol–water partition coefficient (Wildman–Crippen LogP) is 5.05. The lowest BCUT2D eigenvalue weighted by atomic mass is 9.77. The molecule has 12 unspecified atom stereocenters. The highest BCUT2D eigenvalue weighted by molar-refractivity contribution is 5.90. The summed E-state index contributed by atoms with van der Waals surface area (Å²) in [5.74, 6) is -6.97. The second-order valence-corrected chi connectivity index (χ2v) is 14.0. The zero-order chi connectivity index (χ0) is 37.2. The topological polar surface area (TPSA) is 169 Å². The minimum Gasteiger partial charge on any atom is -0.478 e. The van der Waals surface area contributed by atoms with Crippen molar-refractivity contribution in [3.05, 3.63) is 59.3 Å².